The van der Waals surface area contributed by atoms with E-state index in [1.807, 2.05) is 0 Å². The summed E-state index contributed by atoms with van der Waals surface area (Å²) >= 11 is 0. The molecule has 1 aromatic carbocycles. The molecule has 1 N–H and O–H groups in total. The number of aliphatic hydroxyl groups is 1. The van der Waals surface area contributed by atoms with Gasteiger partial charge in [-0.25, -0.2) is 0 Å². The van der Waals surface area contributed by atoms with Crippen molar-refractivity contribution in [2.24, 2.45) is 0 Å². The van der Waals surface area contributed by atoms with Crippen LogP contribution < -0.4 is 9.47 Å². The number of carbonyl (C=O) groups excluding carboxylic acids is 1. The zero-order chi connectivity index (χ0) is 14.5. The number of ether oxygens (including phenoxy) is 2. The molecule has 5 heteroatoms. The minimum atomic E-state index is -0.141. The van der Waals surface area contributed by atoms with Crippen LogP contribution in [0.3, 0.4) is 0 Å². The highest BCUT2D eigenvalue weighted by molar-refractivity contribution is 6.00. The van der Waals surface area contributed by atoms with E-state index < -0.39 is 0 Å². The van der Waals surface area contributed by atoms with Gasteiger partial charge in [-0.3, -0.25) is 4.79 Å². The molecule has 1 atom stereocenters. The van der Waals surface area contributed by atoms with Crippen molar-refractivity contribution in [1.29, 1.82) is 0 Å². The molecule has 0 bridgehead atoms. The highest BCUT2D eigenvalue weighted by Gasteiger charge is 2.30. The van der Waals surface area contributed by atoms with Crippen molar-refractivity contribution in [2.75, 3.05) is 27.4 Å². The van der Waals surface area contributed by atoms with Crippen LogP contribution >= 0.6 is 0 Å². The number of aliphatic hydroxyl groups excluding tert-OH is 1. The number of piperidine rings is 1. The Kier molecular flexibility index (Phi) is 4.84. The molecule has 0 aliphatic carbocycles. The largest absolute Gasteiger partial charge is 0.496 e. The molecule has 1 amide bonds. The van der Waals surface area contributed by atoms with Gasteiger partial charge in [0.05, 0.1) is 26.9 Å². The van der Waals surface area contributed by atoms with Crippen molar-refractivity contribution >= 4 is 5.91 Å². The monoisotopic (exact) mass is 279 g/mol. The van der Waals surface area contributed by atoms with Crippen LogP contribution in [0.2, 0.25) is 0 Å². The number of hydrogen-bond acceptors (Lipinski definition) is 4. The fraction of sp³-hybridized carbons (Fsp3) is 0.533. The SMILES string of the molecule is COc1cccc(OC)c1C(=O)N1CCCCC1CO. The molecule has 1 unspecified atom stereocenters. The summed E-state index contributed by atoms with van der Waals surface area (Å²) in [5.74, 6) is 0.853. The van der Waals surface area contributed by atoms with Gasteiger partial charge in [0.2, 0.25) is 0 Å². The summed E-state index contributed by atoms with van der Waals surface area (Å²) in [5, 5.41) is 9.45. The summed E-state index contributed by atoms with van der Waals surface area (Å²) in [6, 6.07) is 5.15. The van der Waals surface area contributed by atoms with E-state index in [1.165, 1.54) is 14.2 Å². The second-order valence-corrected chi connectivity index (χ2v) is 4.87. The number of amides is 1. The van der Waals surface area contributed by atoms with Gasteiger partial charge >= 0.3 is 0 Å². The summed E-state index contributed by atoms with van der Waals surface area (Å²) in [4.78, 5) is 14.5. The second-order valence-electron chi connectivity index (χ2n) is 4.87. The van der Waals surface area contributed by atoms with Gasteiger partial charge < -0.3 is 19.5 Å². The van der Waals surface area contributed by atoms with E-state index in [1.54, 1.807) is 23.1 Å². The number of hydrogen-bond donors (Lipinski definition) is 1. The van der Waals surface area contributed by atoms with Crippen LogP contribution in [0.5, 0.6) is 11.5 Å². The van der Waals surface area contributed by atoms with Gasteiger partial charge in [0, 0.05) is 6.54 Å². The van der Waals surface area contributed by atoms with Gasteiger partial charge in [0.15, 0.2) is 0 Å². The van der Waals surface area contributed by atoms with Crippen molar-refractivity contribution in [3.05, 3.63) is 23.8 Å². The predicted molar refractivity (Wildman–Crippen MR) is 75.3 cm³/mol. The molecule has 2 rings (SSSR count). The highest BCUT2D eigenvalue weighted by atomic mass is 16.5. The van der Waals surface area contributed by atoms with Crippen LogP contribution in [0.25, 0.3) is 0 Å². The standard InChI is InChI=1S/C15H21NO4/c1-19-12-7-5-8-13(20-2)14(12)15(18)16-9-4-3-6-11(16)10-17/h5,7-8,11,17H,3-4,6,9-10H2,1-2H3. The molecule has 1 fully saturated rings. The summed E-state index contributed by atoms with van der Waals surface area (Å²) in [6.07, 6.45) is 2.83. The summed E-state index contributed by atoms with van der Waals surface area (Å²) in [6.45, 7) is 0.647. The Morgan fingerprint density at radius 2 is 1.95 bits per heavy atom. The molecule has 1 saturated heterocycles. The van der Waals surface area contributed by atoms with Crippen LogP contribution in [0.4, 0.5) is 0 Å². The first kappa shape index (κ1) is 14.7. The lowest BCUT2D eigenvalue weighted by Gasteiger charge is -2.35. The molecule has 1 aromatic rings. The summed E-state index contributed by atoms with van der Waals surface area (Å²) in [7, 11) is 3.07. The third-order valence-electron chi connectivity index (χ3n) is 3.74. The van der Waals surface area contributed by atoms with Crippen molar-refractivity contribution in [1.82, 2.24) is 4.90 Å². The maximum absolute atomic E-state index is 12.8. The molecule has 1 heterocycles. The van der Waals surface area contributed by atoms with Crippen LogP contribution in [0.15, 0.2) is 18.2 Å². The first-order valence-corrected chi connectivity index (χ1v) is 6.85. The number of likely N-dealkylation sites (tertiary alicyclic amines) is 1. The third kappa shape index (κ3) is 2.72. The number of methoxy groups -OCH3 is 2. The lowest BCUT2D eigenvalue weighted by Crippen LogP contribution is -2.45. The molecule has 0 spiro atoms. The van der Waals surface area contributed by atoms with E-state index in [4.69, 9.17) is 9.47 Å². The van der Waals surface area contributed by atoms with Crippen LogP contribution in [0.1, 0.15) is 29.6 Å². The van der Waals surface area contributed by atoms with Crippen LogP contribution in [0, 0.1) is 0 Å². The Morgan fingerprint density at radius 3 is 2.50 bits per heavy atom. The number of carbonyl (C=O) groups is 1. The molecular weight excluding hydrogens is 258 g/mol. The average molecular weight is 279 g/mol. The lowest BCUT2D eigenvalue weighted by atomic mass is 10.0. The van der Waals surface area contributed by atoms with E-state index in [0.717, 1.165) is 19.3 Å². The van der Waals surface area contributed by atoms with Crippen molar-refractivity contribution in [3.8, 4) is 11.5 Å². The van der Waals surface area contributed by atoms with Crippen LogP contribution in [-0.4, -0.2) is 49.3 Å². The Morgan fingerprint density at radius 1 is 1.30 bits per heavy atom. The molecule has 5 nitrogen and oxygen atoms in total. The summed E-state index contributed by atoms with van der Waals surface area (Å²) < 4.78 is 10.6. The highest BCUT2D eigenvalue weighted by Crippen LogP contribution is 2.31. The topological polar surface area (TPSA) is 59.0 Å². The maximum atomic E-state index is 12.8. The van der Waals surface area contributed by atoms with E-state index in [0.29, 0.717) is 23.6 Å². The van der Waals surface area contributed by atoms with E-state index in [9.17, 15) is 9.90 Å². The second kappa shape index (κ2) is 6.61. The minimum absolute atomic E-state index is 0.0107. The van der Waals surface area contributed by atoms with Crippen molar-refractivity contribution in [2.45, 2.75) is 25.3 Å². The number of rotatable bonds is 4. The fourth-order valence-electron chi connectivity index (χ4n) is 2.66. The molecule has 110 valence electrons. The first-order chi connectivity index (χ1) is 9.72. The Balaban J connectivity index is 2.36. The smallest absolute Gasteiger partial charge is 0.261 e. The zero-order valence-electron chi connectivity index (χ0n) is 12.0. The summed E-state index contributed by atoms with van der Waals surface area (Å²) in [5.41, 5.74) is 0.429. The van der Waals surface area contributed by atoms with Gasteiger partial charge in [-0.15, -0.1) is 0 Å². The molecule has 0 saturated carbocycles. The van der Waals surface area contributed by atoms with Gasteiger partial charge in [0.25, 0.3) is 5.91 Å². The van der Waals surface area contributed by atoms with Gasteiger partial charge in [-0.05, 0) is 31.4 Å². The van der Waals surface area contributed by atoms with E-state index >= 15 is 0 Å². The molecule has 0 aromatic heterocycles. The van der Waals surface area contributed by atoms with Crippen molar-refractivity contribution in [3.63, 3.8) is 0 Å². The lowest BCUT2D eigenvalue weighted by molar-refractivity contribution is 0.0496. The number of benzene rings is 1. The Hall–Kier alpha value is -1.75. The number of nitrogens with zero attached hydrogens (tertiary/aromatic N) is 1. The minimum Gasteiger partial charge on any atom is -0.496 e. The van der Waals surface area contributed by atoms with E-state index in [-0.39, 0.29) is 18.6 Å². The molecule has 0 radical (unpaired) electrons. The normalized spacial score (nSPS) is 18.8. The van der Waals surface area contributed by atoms with Gasteiger partial charge in [-0.2, -0.15) is 0 Å². The fourth-order valence-corrected chi connectivity index (χ4v) is 2.66. The maximum Gasteiger partial charge on any atom is 0.261 e. The zero-order valence-corrected chi connectivity index (χ0v) is 12.0. The Bertz CT molecular complexity index is 453. The predicted octanol–water partition coefficient (Wildman–Crippen LogP) is 1.69. The Labute approximate surface area is 119 Å². The van der Waals surface area contributed by atoms with Crippen molar-refractivity contribution < 1.29 is 19.4 Å². The average Bonchev–Trinajstić information content (AvgIpc) is 2.53. The van der Waals surface area contributed by atoms with Crippen LogP contribution in [-0.2, 0) is 0 Å². The first-order valence-electron chi connectivity index (χ1n) is 6.85. The third-order valence-corrected chi connectivity index (χ3v) is 3.74. The quantitative estimate of drug-likeness (QED) is 0.911. The molecule has 1 aliphatic heterocycles. The molecular formula is C15H21NO4. The van der Waals surface area contributed by atoms with Gasteiger partial charge in [0.1, 0.15) is 17.1 Å². The molecule has 1 aliphatic rings. The van der Waals surface area contributed by atoms with E-state index in [2.05, 4.69) is 0 Å². The molecule has 20 heavy (non-hydrogen) atoms. The van der Waals surface area contributed by atoms with Gasteiger partial charge in [-0.1, -0.05) is 6.07 Å².